The van der Waals surface area contributed by atoms with E-state index in [1.807, 2.05) is 30.3 Å². The first-order valence-corrected chi connectivity index (χ1v) is 9.35. The third kappa shape index (κ3) is 4.60. The third-order valence-corrected chi connectivity index (χ3v) is 5.35. The largest absolute Gasteiger partial charge is 4.00 e. The van der Waals surface area contributed by atoms with E-state index >= 15 is 0 Å². The number of aryl methyl sites for hydroxylation is 1. The summed E-state index contributed by atoms with van der Waals surface area (Å²) < 4.78 is 2.48. The van der Waals surface area contributed by atoms with Crippen molar-refractivity contribution in [3.63, 3.8) is 0 Å². The van der Waals surface area contributed by atoms with Gasteiger partial charge in [-0.1, -0.05) is 24.3 Å². The smallest absolute Gasteiger partial charge is 1.00 e. The summed E-state index contributed by atoms with van der Waals surface area (Å²) in [7, 11) is 0. The van der Waals surface area contributed by atoms with Crippen LogP contribution in [0, 0.1) is 0 Å². The summed E-state index contributed by atoms with van der Waals surface area (Å²) in [6, 6.07) is 32.1. The summed E-state index contributed by atoms with van der Waals surface area (Å²) in [5, 5.41) is 4.10. The van der Waals surface area contributed by atoms with Gasteiger partial charge < -0.3 is 38.5 Å². The van der Waals surface area contributed by atoms with Crippen LogP contribution in [0.5, 0.6) is 0 Å². The van der Waals surface area contributed by atoms with Crippen LogP contribution in [0.1, 0.15) is 17.7 Å². The zero-order valence-corrected chi connectivity index (χ0v) is 21.6. The number of benzene rings is 2. The summed E-state index contributed by atoms with van der Waals surface area (Å²) in [6.07, 6.45) is 3.71. The van der Waals surface area contributed by atoms with Crippen molar-refractivity contribution in [2.75, 3.05) is 0 Å². The van der Waals surface area contributed by atoms with Crippen LogP contribution in [0.2, 0.25) is 0 Å². The molecule has 1 aliphatic carbocycles. The normalized spacial score (nSPS) is 11.6. The second-order valence-corrected chi connectivity index (χ2v) is 6.94. The Kier molecular flexibility index (Phi) is 8.88. The number of hydrogen-bond acceptors (Lipinski definition) is 0. The van der Waals surface area contributed by atoms with Crippen molar-refractivity contribution in [3.05, 3.63) is 102 Å². The molecule has 0 fully saturated rings. The molecular formula is C25H21Br2NZr. The molecule has 0 radical (unpaired) electrons. The first kappa shape index (κ1) is 24.1. The van der Waals surface area contributed by atoms with Gasteiger partial charge in [0.05, 0.1) is 5.52 Å². The van der Waals surface area contributed by atoms with Gasteiger partial charge in [0.2, 0.25) is 0 Å². The van der Waals surface area contributed by atoms with E-state index in [1.54, 1.807) is 5.56 Å². The molecule has 0 spiro atoms. The van der Waals surface area contributed by atoms with Gasteiger partial charge in [0.1, 0.15) is 0 Å². The fourth-order valence-corrected chi connectivity index (χ4v) is 4.21. The van der Waals surface area contributed by atoms with Crippen molar-refractivity contribution in [1.29, 1.82) is 0 Å². The van der Waals surface area contributed by atoms with Crippen LogP contribution in [0.15, 0.2) is 91.0 Å². The Bertz CT molecular complexity index is 1120. The van der Waals surface area contributed by atoms with E-state index in [4.69, 9.17) is 0 Å². The summed E-state index contributed by atoms with van der Waals surface area (Å²) in [5.41, 5.74) is 5.76. The number of rotatable bonds is 1. The van der Waals surface area contributed by atoms with Crippen molar-refractivity contribution in [2.24, 2.45) is 0 Å². The first-order chi connectivity index (χ1) is 12.9. The van der Waals surface area contributed by atoms with Gasteiger partial charge in [0.15, 0.2) is 0 Å². The Morgan fingerprint density at radius 1 is 0.793 bits per heavy atom. The SMILES string of the molecule is [Br-].[Br-].[Zr+4].c1cc[cH-]c1.c1ccc2[cH-]c(-n3c4c(c5ccccc53)CCC4)cc2c1. The Hall–Kier alpha value is -1.22. The molecule has 1 nitrogen and oxygen atoms in total. The zero-order valence-electron chi connectivity index (χ0n) is 16.0. The Labute approximate surface area is 212 Å². The molecule has 6 rings (SSSR count). The van der Waals surface area contributed by atoms with Gasteiger partial charge >= 0.3 is 26.2 Å². The average Bonchev–Trinajstić information content (AvgIpc) is 3.45. The first-order valence-electron chi connectivity index (χ1n) is 9.35. The zero-order chi connectivity index (χ0) is 17.3. The van der Waals surface area contributed by atoms with Crippen LogP contribution in [0.25, 0.3) is 27.4 Å². The molecule has 0 N–H and O–H groups in total. The van der Waals surface area contributed by atoms with Crippen LogP contribution in [-0.2, 0) is 39.0 Å². The van der Waals surface area contributed by atoms with Crippen molar-refractivity contribution in [2.45, 2.75) is 19.3 Å². The fraction of sp³-hybridized carbons (Fsp3) is 0.120. The molecule has 5 aromatic rings. The maximum atomic E-state index is 2.48. The molecule has 0 aliphatic heterocycles. The second kappa shape index (κ2) is 10.7. The van der Waals surface area contributed by atoms with Crippen LogP contribution in [0.4, 0.5) is 0 Å². The quantitative estimate of drug-likeness (QED) is 0.251. The standard InChI is InChI=1S/C20H16N.C5H5.2BrH.Zr/c1-2-7-15-13-16(12-14(15)6-1)21-19-10-4-3-8-17(19)18-9-5-11-20(18)21;1-2-4-5-3-1;;;/h1-4,6-8,10,12-13H,5,9,11H2;1-5H;2*1H;/q2*-1;;;+4/p-2. The van der Waals surface area contributed by atoms with Crippen molar-refractivity contribution >= 4 is 21.7 Å². The number of halogens is 2. The molecule has 0 bridgehead atoms. The van der Waals surface area contributed by atoms with Crippen LogP contribution < -0.4 is 34.0 Å². The van der Waals surface area contributed by atoms with Crippen LogP contribution >= 0.6 is 0 Å². The Balaban J connectivity index is 0.000000333. The second-order valence-electron chi connectivity index (χ2n) is 6.94. The molecular weight excluding hydrogens is 565 g/mol. The topological polar surface area (TPSA) is 4.93 Å². The minimum absolute atomic E-state index is 0. The monoisotopic (exact) mass is 583 g/mol. The molecule has 144 valence electrons. The van der Waals surface area contributed by atoms with Gasteiger partial charge in [-0.15, -0.1) is 41.1 Å². The molecule has 4 heteroatoms. The molecule has 0 saturated heterocycles. The molecule has 1 aliphatic rings. The average molecular weight is 586 g/mol. The van der Waals surface area contributed by atoms with Gasteiger partial charge in [-0.25, -0.2) is 12.1 Å². The van der Waals surface area contributed by atoms with Crippen LogP contribution in [-0.4, -0.2) is 4.57 Å². The van der Waals surface area contributed by atoms with E-state index in [-0.39, 0.29) is 60.2 Å². The van der Waals surface area contributed by atoms with Gasteiger partial charge in [-0.2, -0.15) is 18.2 Å². The fourth-order valence-electron chi connectivity index (χ4n) is 4.21. The summed E-state index contributed by atoms with van der Waals surface area (Å²) in [5.74, 6) is 0. The van der Waals surface area contributed by atoms with E-state index in [0.29, 0.717) is 0 Å². The number of hydrogen-bond donors (Lipinski definition) is 0. The van der Waals surface area contributed by atoms with E-state index in [1.165, 1.54) is 52.3 Å². The van der Waals surface area contributed by atoms with Crippen LogP contribution in [0.3, 0.4) is 0 Å². The Morgan fingerprint density at radius 2 is 1.52 bits per heavy atom. The van der Waals surface area contributed by atoms with E-state index in [2.05, 4.69) is 65.2 Å². The molecule has 0 atom stereocenters. The van der Waals surface area contributed by atoms with E-state index in [0.717, 1.165) is 0 Å². The molecule has 0 amide bonds. The third-order valence-electron chi connectivity index (χ3n) is 5.35. The maximum Gasteiger partial charge on any atom is 4.00 e. The number of para-hydroxylation sites is 1. The van der Waals surface area contributed by atoms with E-state index in [9.17, 15) is 0 Å². The summed E-state index contributed by atoms with van der Waals surface area (Å²) in [6.45, 7) is 0. The molecule has 0 saturated carbocycles. The van der Waals surface area contributed by atoms with Gasteiger partial charge in [-0.3, -0.25) is 0 Å². The molecule has 1 heterocycles. The predicted octanol–water partition coefficient (Wildman–Crippen LogP) is 0.402. The van der Waals surface area contributed by atoms with Gasteiger partial charge in [-0.05, 0) is 36.6 Å². The van der Waals surface area contributed by atoms with Crippen molar-refractivity contribution in [3.8, 4) is 5.69 Å². The van der Waals surface area contributed by atoms with Crippen molar-refractivity contribution < 1.29 is 60.2 Å². The number of nitrogens with zero attached hydrogens (tertiary/aromatic N) is 1. The minimum Gasteiger partial charge on any atom is -1.00 e. The summed E-state index contributed by atoms with van der Waals surface area (Å²) in [4.78, 5) is 0. The summed E-state index contributed by atoms with van der Waals surface area (Å²) >= 11 is 0. The molecule has 4 aromatic carbocycles. The van der Waals surface area contributed by atoms with Gasteiger partial charge in [0, 0.05) is 11.1 Å². The predicted molar refractivity (Wildman–Crippen MR) is 110 cm³/mol. The Morgan fingerprint density at radius 3 is 2.24 bits per heavy atom. The number of fused-ring (bicyclic) bond motifs is 4. The van der Waals surface area contributed by atoms with Gasteiger partial charge in [0.25, 0.3) is 0 Å². The minimum atomic E-state index is 0. The van der Waals surface area contributed by atoms with Crippen molar-refractivity contribution in [1.82, 2.24) is 4.57 Å². The maximum absolute atomic E-state index is 2.48. The number of aromatic nitrogens is 1. The van der Waals surface area contributed by atoms with E-state index < -0.39 is 0 Å². The molecule has 1 aromatic heterocycles. The molecule has 0 unspecified atom stereocenters. The molecule has 29 heavy (non-hydrogen) atoms.